The lowest BCUT2D eigenvalue weighted by molar-refractivity contribution is 0.218. The van der Waals surface area contributed by atoms with Crippen molar-refractivity contribution in [3.05, 3.63) is 0 Å². The summed E-state index contributed by atoms with van der Waals surface area (Å²) in [6.45, 7) is 9.99. The highest BCUT2D eigenvalue weighted by Crippen LogP contribution is 2.62. The number of hydrogen-bond donors (Lipinski definition) is 0. The fraction of sp³-hybridized carbons (Fsp3) is 1.00. The van der Waals surface area contributed by atoms with Gasteiger partial charge in [0.2, 0.25) is 5.69 Å². The molecule has 0 aromatic heterocycles. The normalized spacial score (nSPS) is 20.2. The van der Waals surface area contributed by atoms with Crippen LogP contribution >= 0.6 is 28.8 Å². The van der Waals surface area contributed by atoms with Crippen LogP contribution in [0.1, 0.15) is 27.7 Å². The smallest absolute Gasteiger partial charge is 0.247 e. The van der Waals surface area contributed by atoms with Crippen LogP contribution in [0.5, 0.6) is 0 Å². The van der Waals surface area contributed by atoms with Crippen LogP contribution in [-0.4, -0.2) is 30.0 Å². The second kappa shape index (κ2) is 7.76. The molecule has 0 radical (unpaired) electrons. The Kier molecular flexibility index (Phi) is 7.45. The lowest BCUT2D eigenvalue weighted by Gasteiger charge is -2.23. The molecule has 102 valence electrons. The number of hydrogen-bond acceptors (Lipinski definition) is 5. The van der Waals surface area contributed by atoms with Crippen molar-refractivity contribution in [2.24, 2.45) is 11.8 Å². The molecule has 1 unspecified atom stereocenters. The second-order valence-corrected chi connectivity index (χ2v) is 12.8. The molecule has 1 saturated heterocycles. The molecule has 2 nitrogen and oxygen atoms in total. The van der Waals surface area contributed by atoms with Crippen molar-refractivity contribution in [2.45, 2.75) is 32.9 Å². The Morgan fingerprint density at radius 3 is 2.06 bits per heavy atom. The standard InChI is InChI=1S/C11H23O2PS3/c1-9(2)5-12-14(15,13-6-10(3)4)17-8-11-7-16-11/h9-11H,5-8H2,1-4H3. The fourth-order valence-corrected chi connectivity index (χ4v) is 6.69. The monoisotopic (exact) mass is 314 g/mol. The predicted molar refractivity (Wildman–Crippen MR) is 84.6 cm³/mol. The van der Waals surface area contributed by atoms with Crippen LogP contribution in [0, 0.1) is 11.8 Å². The minimum absolute atomic E-state index is 0.510. The molecule has 0 amide bonds. The van der Waals surface area contributed by atoms with Crippen molar-refractivity contribution in [3.63, 3.8) is 0 Å². The van der Waals surface area contributed by atoms with E-state index in [1.54, 1.807) is 11.4 Å². The van der Waals surface area contributed by atoms with Gasteiger partial charge in [-0.1, -0.05) is 39.1 Å². The predicted octanol–water partition coefficient (Wildman–Crippen LogP) is 4.40. The zero-order chi connectivity index (χ0) is 12.9. The maximum atomic E-state index is 5.88. The van der Waals surface area contributed by atoms with Crippen molar-refractivity contribution in [1.82, 2.24) is 0 Å². The van der Waals surface area contributed by atoms with Gasteiger partial charge in [0.15, 0.2) is 0 Å². The van der Waals surface area contributed by atoms with Gasteiger partial charge in [0, 0.05) is 16.8 Å². The summed E-state index contributed by atoms with van der Waals surface area (Å²) in [5.74, 6) is 3.38. The maximum Gasteiger partial charge on any atom is 0.247 e. The molecule has 1 aliphatic heterocycles. The minimum Gasteiger partial charge on any atom is -0.321 e. The van der Waals surface area contributed by atoms with E-state index in [1.165, 1.54) is 5.75 Å². The summed E-state index contributed by atoms with van der Waals surface area (Å²) in [5, 5.41) is 0.785. The summed E-state index contributed by atoms with van der Waals surface area (Å²) in [6, 6.07) is 0. The summed E-state index contributed by atoms with van der Waals surface area (Å²) in [6.07, 6.45) is 0. The quantitative estimate of drug-likeness (QED) is 0.462. The van der Waals surface area contributed by atoms with Gasteiger partial charge in [-0.25, -0.2) is 0 Å². The van der Waals surface area contributed by atoms with Crippen molar-refractivity contribution in [2.75, 3.05) is 24.7 Å². The lowest BCUT2D eigenvalue weighted by Crippen LogP contribution is -2.05. The molecule has 0 N–H and O–H groups in total. The van der Waals surface area contributed by atoms with E-state index in [9.17, 15) is 0 Å². The SMILES string of the molecule is CC(C)COP(=S)(OCC(C)C)SCC1CS1. The van der Waals surface area contributed by atoms with Gasteiger partial charge in [-0.3, -0.25) is 0 Å². The van der Waals surface area contributed by atoms with Crippen LogP contribution in [0.25, 0.3) is 0 Å². The summed E-state index contributed by atoms with van der Waals surface area (Å²) in [4.78, 5) is 0. The van der Waals surface area contributed by atoms with Gasteiger partial charge in [-0.05, 0) is 23.6 Å². The van der Waals surface area contributed by atoms with E-state index in [2.05, 4.69) is 27.7 Å². The molecule has 1 atom stereocenters. The fourth-order valence-electron chi connectivity index (χ4n) is 0.931. The van der Waals surface area contributed by atoms with E-state index < -0.39 is 5.69 Å². The average molecular weight is 314 g/mol. The third-order valence-electron chi connectivity index (χ3n) is 1.95. The minimum atomic E-state index is -2.10. The van der Waals surface area contributed by atoms with Crippen LogP contribution in [0.4, 0.5) is 0 Å². The third kappa shape index (κ3) is 8.12. The van der Waals surface area contributed by atoms with Crippen molar-refractivity contribution < 1.29 is 9.05 Å². The molecular weight excluding hydrogens is 291 g/mol. The maximum absolute atomic E-state index is 5.88. The van der Waals surface area contributed by atoms with Crippen LogP contribution in [0.2, 0.25) is 0 Å². The molecule has 0 aromatic rings. The molecule has 1 rings (SSSR count). The Morgan fingerprint density at radius 2 is 1.71 bits per heavy atom. The number of rotatable bonds is 9. The van der Waals surface area contributed by atoms with Crippen LogP contribution in [0.15, 0.2) is 0 Å². The van der Waals surface area contributed by atoms with Crippen molar-refractivity contribution in [3.8, 4) is 0 Å². The van der Waals surface area contributed by atoms with Crippen molar-refractivity contribution in [1.29, 1.82) is 0 Å². The zero-order valence-corrected chi connectivity index (χ0v) is 14.4. The molecule has 1 heterocycles. The summed E-state index contributed by atoms with van der Waals surface area (Å²) in [5.41, 5.74) is -2.10. The van der Waals surface area contributed by atoms with Crippen LogP contribution in [0.3, 0.4) is 0 Å². The van der Waals surface area contributed by atoms with Crippen LogP contribution in [-0.2, 0) is 20.9 Å². The molecule has 0 aromatic carbocycles. The van der Waals surface area contributed by atoms with Gasteiger partial charge in [0.1, 0.15) is 0 Å². The first kappa shape index (κ1) is 16.3. The highest BCUT2D eigenvalue weighted by atomic mass is 32.9. The highest BCUT2D eigenvalue weighted by molar-refractivity contribution is 8.68. The average Bonchev–Trinajstić information content (AvgIpc) is 3.05. The lowest BCUT2D eigenvalue weighted by atomic mass is 10.2. The van der Waals surface area contributed by atoms with Gasteiger partial charge in [-0.15, -0.1) is 0 Å². The molecule has 1 fully saturated rings. The molecule has 0 spiro atoms. The van der Waals surface area contributed by atoms with Gasteiger partial charge < -0.3 is 9.05 Å². The first-order valence-corrected chi connectivity index (χ1v) is 11.3. The van der Waals surface area contributed by atoms with E-state index in [0.717, 1.165) is 11.0 Å². The molecule has 0 aliphatic carbocycles. The first-order chi connectivity index (χ1) is 7.91. The molecular formula is C11H23O2PS3. The topological polar surface area (TPSA) is 18.5 Å². The van der Waals surface area contributed by atoms with E-state index in [1.807, 2.05) is 11.8 Å². The van der Waals surface area contributed by atoms with E-state index >= 15 is 0 Å². The Bertz CT molecular complexity index is 238. The van der Waals surface area contributed by atoms with Gasteiger partial charge in [0.05, 0.1) is 13.2 Å². The largest absolute Gasteiger partial charge is 0.321 e. The summed E-state index contributed by atoms with van der Waals surface area (Å²) >= 11 is 9.34. The Balaban J connectivity index is 2.38. The van der Waals surface area contributed by atoms with E-state index in [-0.39, 0.29) is 0 Å². The van der Waals surface area contributed by atoms with Crippen molar-refractivity contribution >= 4 is 40.6 Å². The Hall–Kier alpha value is 1.27. The van der Waals surface area contributed by atoms with E-state index in [0.29, 0.717) is 25.0 Å². The molecule has 17 heavy (non-hydrogen) atoms. The number of thioether (sulfide) groups is 1. The van der Waals surface area contributed by atoms with Gasteiger partial charge in [0.25, 0.3) is 0 Å². The van der Waals surface area contributed by atoms with E-state index in [4.69, 9.17) is 20.9 Å². The third-order valence-corrected chi connectivity index (χ3v) is 8.54. The second-order valence-electron chi connectivity index (χ2n) is 5.08. The van der Waals surface area contributed by atoms with Crippen LogP contribution < -0.4 is 0 Å². The molecule has 1 aliphatic rings. The first-order valence-electron chi connectivity index (χ1n) is 6.06. The molecule has 0 bridgehead atoms. The molecule has 0 saturated carbocycles. The Labute approximate surface area is 119 Å². The molecule has 6 heteroatoms. The van der Waals surface area contributed by atoms with Gasteiger partial charge in [-0.2, -0.15) is 11.8 Å². The summed E-state index contributed by atoms with van der Waals surface area (Å²) in [7, 11) is 0. The summed E-state index contributed by atoms with van der Waals surface area (Å²) < 4.78 is 11.8. The van der Waals surface area contributed by atoms with Gasteiger partial charge >= 0.3 is 0 Å². The Morgan fingerprint density at radius 1 is 1.24 bits per heavy atom. The zero-order valence-electron chi connectivity index (χ0n) is 11.0. The highest BCUT2D eigenvalue weighted by Gasteiger charge is 2.28.